The number of nitrogens with one attached hydrogen (secondary N) is 3. The Balaban J connectivity index is 1.05. The summed E-state index contributed by atoms with van der Waals surface area (Å²) in [4.78, 5) is 39.5. The van der Waals surface area contributed by atoms with E-state index in [0.717, 1.165) is 20.8 Å². The molecule has 9 rings (SSSR count). The number of amides is 3. The minimum absolute atomic E-state index is 0.832. The zero-order valence-electron chi connectivity index (χ0n) is 57.7. The molecule has 9 heterocycles. The Morgan fingerprint density at radius 2 is 0.472 bits per heavy atom. The molecule has 46 nitrogen and oxygen atoms in total. The molecule has 0 aromatic rings. The van der Waals surface area contributed by atoms with Crippen LogP contribution in [0.2, 0.25) is 0 Å². The molecule has 0 aromatic carbocycles. The van der Waals surface area contributed by atoms with Gasteiger partial charge in [-0.25, -0.2) is 0 Å². The highest BCUT2D eigenvalue weighted by Gasteiger charge is 2.62. The first-order chi connectivity index (χ1) is 50.0. The Morgan fingerprint density at radius 3 is 0.774 bits per heavy atom. The summed E-state index contributed by atoms with van der Waals surface area (Å²) in [6.45, 7) is -0.0902. The summed E-state index contributed by atoms with van der Waals surface area (Å²) in [7, 11) is 0. The van der Waals surface area contributed by atoms with Gasteiger partial charge in [0.05, 0.1) is 58.0 Å². The van der Waals surface area contributed by atoms with E-state index >= 15 is 0 Å². The predicted octanol–water partition coefficient (Wildman–Crippen LogP) is -17.1. The molecule has 1 unspecified atom stereocenters. The lowest BCUT2D eigenvalue weighted by Gasteiger charge is -2.53. The molecule has 106 heavy (non-hydrogen) atoms. The maximum absolute atomic E-state index is 13.6. The number of aliphatic hydroxyl groups is 23. The second kappa shape index (κ2) is 37.2. The second-order valence-corrected chi connectivity index (χ2v) is 27.3. The van der Waals surface area contributed by atoms with Crippen molar-refractivity contribution in [2.75, 3.05) is 39.6 Å². The summed E-state index contributed by atoms with van der Waals surface area (Å²) in [6, 6.07) is -5.72. The molecule has 46 heteroatoms. The molecule has 0 aliphatic carbocycles. The van der Waals surface area contributed by atoms with Crippen LogP contribution in [0.25, 0.3) is 0 Å². The Morgan fingerprint density at radius 1 is 0.245 bits per heavy atom. The molecular weight excluding hydrogens is 1450 g/mol. The monoisotopic (exact) mass is 1550 g/mol. The summed E-state index contributed by atoms with van der Waals surface area (Å²) >= 11 is 0. The fourth-order valence-corrected chi connectivity index (χ4v) is 14.0. The summed E-state index contributed by atoms with van der Waals surface area (Å²) in [5.74, 6) is -2.80. The molecule has 0 saturated carbocycles. The van der Waals surface area contributed by atoms with Gasteiger partial charge in [-0.15, -0.1) is 0 Å². The van der Waals surface area contributed by atoms with E-state index < -0.39 is 334 Å². The van der Waals surface area contributed by atoms with E-state index in [2.05, 4.69) is 16.0 Å². The van der Waals surface area contributed by atoms with Crippen LogP contribution in [0.5, 0.6) is 0 Å². The third kappa shape index (κ3) is 18.5. The van der Waals surface area contributed by atoms with Gasteiger partial charge in [0.15, 0.2) is 56.6 Å². The van der Waals surface area contributed by atoms with Crippen LogP contribution in [0.3, 0.4) is 0 Å². The molecular formula is C60H101N3O43. The van der Waals surface area contributed by atoms with Gasteiger partial charge in [-0.1, -0.05) is 0 Å². The van der Waals surface area contributed by atoms with Gasteiger partial charge >= 0.3 is 0 Å². The average Bonchev–Trinajstić information content (AvgIpc) is 0.760. The molecule has 0 radical (unpaired) electrons. The molecule has 9 aliphatic heterocycles. The maximum atomic E-state index is 13.6. The highest BCUT2D eigenvalue weighted by molar-refractivity contribution is 5.74. The topological polar surface area (TPSA) is 710 Å². The summed E-state index contributed by atoms with van der Waals surface area (Å²) in [5.41, 5.74) is 0. The van der Waals surface area contributed by atoms with E-state index in [9.17, 15) is 132 Å². The van der Waals surface area contributed by atoms with Crippen LogP contribution in [-0.2, 0) is 94.9 Å². The standard InChI is InChI=1S/C60H101N3O43/c1-13-28(73)34(79)38(83)55(90-13)102-47-25(61-16(4)70)52(89)93-22(10-67)44(47)100-59-42(87)50(32(77)20(8-65)95-59)105-54-27(63-18(6)72)49(104-57-40(85)36(81)30(75)15(3)92-57)46(24(12-69)98-54)101-60-43(88)51(33(78)21(9-66)96-60)106-53-26(62-17(5)71)48(103-56-39(84)35(80)29(74)14(2)91-56)45(23(11-68)97-53)99-58-41(86)37(82)31(76)19(7-64)94-58/h13-15,19-60,64-69,73-89H,7-12H2,1-6H3,(H,61,70)(H,62,71)(H,63,72)/t13-,14-,15-,19+,20+,21+,22+,23+,24+,25+,26+,27+,28+,29+,30+,31-,32-,33-,34+,35+,36+,37-,38-,39-,40-,41+,42+,43+,44+,45+,46+,47+,48+,49+,50-,51-,52?,53-,54-,55-,56-,57-,58-,59-,60-/m0/s1. The fourth-order valence-electron chi connectivity index (χ4n) is 14.0. The lowest BCUT2D eigenvalue weighted by Crippen LogP contribution is -2.72. The van der Waals surface area contributed by atoms with Crippen molar-refractivity contribution in [3.8, 4) is 0 Å². The molecule has 0 bridgehead atoms. The first-order valence-electron chi connectivity index (χ1n) is 34.2. The van der Waals surface area contributed by atoms with Crippen molar-refractivity contribution < 1.29 is 212 Å². The highest BCUT2D eigenvalue weighted by Crippen LogP contribution is 2.41. The van der Waals surface area contributed by atoms with Crippen molar-refractivity contribution in [2.24, 2.45) is 0 Å². The van der Waals surface area contributed by atoms with E-state index in [-0.39, 0.29) is 0 Å². The first kappa shape index (κ1) is 86.8. The summed E-state index contributed by atoms with van der Waals surface area (Å²) in [5, 5.41) is 262. The van der Waals surface area contributed by atoms with Crippen LogP contribution in [0.1, 0.15) is 41.5 Å². The minimum atomic E-state index is -2.47. The van der Waals surface area contributed by atoms with Crippen molar-refractivity contribution in [1.82, 2.24) is 16.0 Å². The molecule has 0 spiro atoms. The number of hydrogen-bond donors (Lipinski definition) is 26. The fraction of sp³-hybridized carbons (Fsp3) is 0.950. The lowest BCUT2D eigenvalue weighted by molar-refractivity contribution is -0.400. The smallest absolute Gasteiger partial charge is 0.217 e. The van der Waals surface area contributed by atoms with Gasteiger partial charge in [-0.3, -0.25) is 14.4 Å². The molecule has 3 amide bonds. The third-order valence-corrected chi connectivity index (χ3v) is 19.9. The van der Waals surface area contributed by atoms with E-state index in [4.69, 9.17) is 80.5 Å². The van der Waals surface area contributed by atoms with E-state index in [1.165, 1.54) is 20.8 Å². The Hall–Kier alpha value is -3.19. The van der Waals surface area contributed by atoms with Crippen LogP contribution in [0.15, 0.2) is 0 Å². The van der Waals surface area contributed by atoms with E-state index in [1.807, 2.05) is 0 Å². The first-order valence-corrected chi connectivity index (χ1v) is 34.2. The Bertz CT molecular complexity index is 2790. The summed E-state index contributed by atoms with van der Waals surface area (Å²) in [6.07, 6.45) is -83.7. The molecule has 26 N–H and O–H groups in total. The Kier molecular flexibility index (Phi) is 30.4. The van der Waals surface area contributed by atoms with Crippen molar-refractivity contribution in [1.29, 1.82) is 0 Å². The van der Waals surface area contributed by atoms with Gasteiger partial charge < -0.3 is 214 Å². The number of hydrogen-bond acceptors (Lipinski definition) is 43. The van der Waals surface area contributed by atoms with E-state index in [0.29, 0.717) is 0 Å². The quantitative estimate of drug-likeness (QED) is 0.0404. The zero-order valence-corrected chi connectivity index (χ0v) is 57.7. The van der Waals surface area contributed by atoms with Crippen molar-refractivity contribution >= 4 is 17.7 Å². The highest BCUT2D eigenvalue weighted by atomic mass is 16.8. The second-order valence-electron chi connectivity index (χ2n) is 27.3. The Labute approximate surface area is 602 Å². The van der Waals surface area contributed by atoms with Crippen molar-refractivity contribution in [2.45, 2.75) is 318 Å². The molecule has 45 atom stereocenters. The maximum Gasteiger partial charge on any atom is 0.217 e. The van der Waals surface area contributed by atoms with Crippen LogP contribution in [0.4, 0.5) is 0 Å². The third-order valence-electron chi connectivity index (χ3n) is 19.9. The SMILES string of the molecule is CC(=O)N[C@H]1[C@H](O[C@H]2[C@@H](O)[C@@H](CO)O[C@@H](O[C@H]3[C@H](O[C@@H]4O[C@@H](C)[C@@H](O)[C@@H](O)[C@@H]4O)[C@@H](NC(C)=O)[C@H](O[C@H]4[C@@H](O)[C@@H](CO)O[C@@H](O[C@H]5[C@H](O[C@@H]6O[C@@H](C)[C@@H](O)[C@@H](O)[C@@H]6O)[C@@H](NC(C)=O)C(O)O[C@@H]5CO)[C@@H]4O)O[C@@H]3CO)[C@@H]2O)O[C@H](CO)[C@@H](O[C@@H]2O[C@H](CO)[C@H](O)[C@H](O)[C@H]2O)[C@@H]1O[C@@H]1O[C@@H](C)[C@@H](O)[C@@H](O)[C@@H]1O. The minimum Gasteiger partial charge on any atom is -0.394 e. The summed E-state index contributed by atoms with van der Waals surface area (Å²) < 4.78 is 102. The van der Waals surface area contributed by atoms with Gasteiger partial charge in [-0.2, -0.15) is 0 Å². The number of carbonyl (C=O) groups excluding carboxylic acids is 3. The van der Waals surface area contributed by atoms with Gasteiger partial charge in [0.25, 0.3) is 0 Å². The molecule has 9 fully saturated rings. The number of aliphatic hydroxyl groups excluding tert-OH is 23. The lowest BCUT2D eigenvalue weighted by atomic mass is 9.93. The van der Waals surface area contributed by atoms with Gasteiger partial charge in [0, 0.05) is 20.8 Å². The van der Waals surface area contributed by atoms with Crippen molar-refractivity contribution in [3.05, 3.63) is 0 Å². The van der Waals surface area contributed by atoms with Crippen molar-refractivity contribution in [3.63, 3.8) is 0 Å². The number of ether oxygens (including phenoxy) is 17. The molecule has 9 aliphatic rings. The predicted molar refractivity (Wildman–Crippen MR) is 328 cm³/mol. The largest absolute Gasteiger partial charge is 0.394 e. The van der Waals surface area contributed by atoms with Crippen LogP contribution >= 0.6 is 0 Å². The van der Waals surface area contributed by atoms with E-state index in [1.54, 1.807) is 0 Å². The number of carbonyl (C=O) groups is 3. The zero-order chi connectivity index (χ0) is 78.1. The van der Waals surface area contributed by atoms with Crippen LogP contribution in [0, 0.1) is 0 Å². The molecule has 0 aromatic heterocycles. The van der Waals surface area contributed by atoms with Gasteiger partial charge in [-0.05, 0) is 20.8 Å². The average molecular weight is 1550 g/mol. The van der Waals surface area contributed by atoms with Crippen LogP contribution < -0.4 is 16.0 Å². The van der Waals surface area contributed by atoms with Gasteiger partial charge in [0.2, 0.25) is 17.7 Å². The van der Waals surface area contributed by atoms with Crippen LogP contribution in [-0.4, -0.2) is 451 Å². The van der Waals surface area contributed by atoms with Gasteiger partial charge in [0.1, 0.15) is 201 Å². The molecule has 614 valence electrons. The molecule has 9 saturated heterocycles. The normalized spacial score (nSPS) is 51.1. The number of rotatable bonds is 25.